The van der Waals surface area contributed by atoms with Crippen LogP contribution in [0.2, 0.25) is 0 Å². The van der Waals surface area contributed by atoms with Crippen LogP contribution in [0, 0.1) is 13.8 Å². The van der Waals surface area contributed by atoms with Crippen molar-refractivity contribution in [3.05, 3.63) is 123 Å². The normalized spacial score (nSPS) is 15.2. The Balaban J connectivity index is 1.43. The molecule has 5 N–H and O–H groups in total. The van der Waals surface area contributed by atoms with Crippen molar-refractivity contribution in [2.75, 3.05) is 42.1 Å². The lowest BCUT2D eigenvalue weighted by molar-refractivity contribution is -0.0229. The Labute approximate surface area is 290 Å². The number of nitrogens with zero attached hydrogens (tertiary/aromatic N) is 2. The Hall–Kier alpha value is -5.87. The molecule has 5 aromatic rings. The molecule has 0 fully saturated rings. The highest BCUT2D eigenvalue weighted by Gasteiger charge is 2.61. The van der Waals surface area contributed by atoms with Crippen molar-refractivity contribution in [3.8, 4) is 11.5 Å². The van der Waals surface area contributed by atoms with Crippen LogP contribution >= 0.6 is 0 Å². The maximum atomic E-state index is 15.0. The number of hydrogen-bond acceptors (Lipinski definition) is 8. The zero-order chi connectivity index (χ0) is 34.9. The number of anilines is 3. The van der Waals surface area contributed by atoms with Gasteiger partial charge < -0.3 is 26.4 Å². The third-order valence-corrected chi connectivity index (χ3v) is 9.99. The van der Waals surface area contributed by atoms with Gasteiger partial charge in [0.25, 0.3) is 17.7 Å². The van der Waals surface area contributed by atoms with Gasteiger partial charge in [0.1, 0.15) is 17.0 Å². The third kappa shape index (κ3) is 4.21. The Kier molecular flexibility index (Phi) is 7.30. The molecule has 3 aliphatic heterocycles. The highest BCUT2D eigenvalue weighted by molar-refractivity contribution is 6.27. The molecule has 0 atom stereocenters. The molecule has 0 radical (unpaired) electrons. The predicted molar refractivity (Wildman–Crippen MR) is 195 cm³/mol. The highest BCUT2D eigenvalue weighted by Crippen LogP contribution is 2.59. The van der Waals surface area contributed by atoms with E-state index in [0.717, 1.165) is 38.6 Å². The fraction of sp³-hybridized carbons (Fsp3) is 0.225. The van der Waals surface area contributed by atoms with Crippen LogP contribution < -0.4 is 26.4 Å². The lowest BCUT2D eigenvalue weighted by Crippen LogP contribution is -2.60. The summed E-state index contributed by atoms with van der Waals surface area (Å²) in [6.45, 7) is 10.4. The van der Waals surface area contributed by atoms with Gasteiger partial charge in [-0.05, 0) is 75.2 Å². The topological polar surface area (TPSA) is 129 Å². The lowest BCUT2D eigenvalue weighted by Gasteiger charge is -2.48. The average Bonchev–Trinajstić information content (AvgIpc) is 3.36. The van der Waals surface area contributed by atoms with Gasteiger partial charge in [-0.1, -0.05) is 30.3 Å². The molecule has 252 valence electrons. The fourth-order valence-electron chi connectivity index (χ4n) is 7.89. The minimum absolute atomic E-state index is 0.331. The maximum absolute atomic E-state index is 15.0. The number of amides is 3. The van der Waals surface area contributed by atoms with Gasteiger partial charge >= 0.3 is 0 Å². The minimum Gasteiger partial charge on any atom is -0.456 e. The molecular weight excluding hydrogens is 628 g/mol. The van der Waals surface area contributed by atoms with E-state index in [1.165, 1.54) is 5.01 Å². The number of nitrogens with two attached hydrogens (primary N) is 1. The van der Waals surface area contributed by atoms with Gasteiger partial charge in [-0.2, -0.15) is 5.01 Å². The van der Waals surface area contributed by atoms with E-state index in [1.54, 1.807) is 30.3 Å². The molecule has 3 aliphatic rings. The number of carbonyl (C=O) groups is 3. The molecule has 0 aliphatic carbocycles. The second-order valence-corrected chi connectivity index (χ2v) is 12.9. The molecule has 50 heavy (non-hydrogen) atoms. The van der Waals surface area contributed by atoms with Gasteiger partial charge in [-0.25, -0.2) is 5.01 Å². The molecule has 10 nitrogen and oxygen atoms in total. The summed E-state index contributed by atoms with van der Waals surface area (Å²) in [6.07, 6.45) is 0. The van der Waals surface area contributed by atoms with Crippen LogP contribution in [0.15, 0.2) is 78.9 Å². The summed E-state index contributed by atoms with van der Waals surface area (Å²) in [5.74, 6) is -0.577. The van der Waals surface area contributed by atoms with E-state index in [9.17, 15) is 9.59 Å². The summed E-state index contributed by atoms with van der Waals surface area (Å²) >= 11 is 0. The number of imide groups is 1. The first kappa shape index (κ1) is 31.4. The summed E-state index contributed by atoms with van der Waals surface area (Å²) in [5.41, 5.74) is 11.8. The van der Waals surface area contributed by atoms with Crippen LogP contribution in [-0.4, -0.2) is 53.9 Å². The van der Waals surface area contributed by atoms with Crippen LogP contribution in [-0.2, 0) is 5.54 Å². The second-order valence-electron chi connectivity index (χ2n) is 12.9. The smallest absolute Gasteiger partial charge is 0.280 e. The summed E-state index contributed by atoms with van der Waals surface area (Å²) in [5, 5.41) is 13.9. The molecule has 10 heteroatoms. The van der Waals surface area contributed by atoms with Gasteiger partial charge in [0.15, 0.2) is 0 Å². The largest absolute Gasteiger partial charge is 0.456 e. The van der Waals surface area contributed by atoms with Crippen molar-refractivity contribution in [1.82, 2.24) is 10.0 Å². The van der Waals surface area contributed by atoms with E-state index >= 15 is 4.79 Å². The molecule has 0 bridgehead atoms. The molecular formula is C40H38N6O4. The van der Waals surface area contributed by atoms with Crippen molar-refractivity contribution >= 4 is 45.6 Å². The number of nitrogens with one attached hydrogen (secondary N) is 3. The first-order chi connectivity index (χ1) is 24.3. The zero-order valence-electron chi connectivity index (χ0n) is 28.4. The van der Waals surface area contributed by atoms with E-state index in [0.29, 0.717) is 76.4 Å². The van der Waals surface area contributed by atoms with E-state index in [1.807, 2.05) is 76.2 Å². The SMILES string of the molecule is CCNc1cc2c(cc1C)C1(c3cc(C)c(NCC)cc3O2)c2ccccc2C(=O)N1N1C(=O)c2cccc3c(NCCN)ccc(c23)C1=O. The number of fused-ring (bicyclic) bond motifs is 6. The molecule has 1 spiro atoms. The average molecular weight is 667 g/mol. The van der Waals surface area contributed by atoms with E-state index in [-0.39, 0.29) is 0 Å². The molecule has 0 saturated heterocycles. The molecule has 8 rings (SSSR count). The van der Waals surface area contributed by atoms with Crippen LogP contribution in [0.25, 0.3) is 10.8 Å². The Morgan fingerprint density at radius 1 is 0.660 bits per heavy atom. The summed E-state index contributed by atoms with van der Waals surface area (Å²) < 4.78 is 6.71. The predicted octanol–water partition coefficient (Wildman–Crippen LogP) is 6.76. The Morgan fingerprint density at radius 2 is 1.26 bits per heavy atom. The van der Waals surface area contributed by atoms with Gasteiger partial charge in [-0.15, -0.1) is 0 Å². The van der Waals surface area contributed by atoms with Crippen molar-refractivity contribution in [3.63, 3.8) is 0 Å². The van der Waals surface area contributed by atoms with Crippen molar-refractivity contribution in [2.24, 2.45) is 5.73 Å². The zero-order valence-corrected chi connectivity index (χ0v) is 28.4. The number of benzene rings is 5. The van der Waals surface area contributed by atoms with Crippen LogP contribution in [0.4, 0.5) is 17.1 Å². The van der Waals surface area contributed by atoms with Gasteiger partial charge in [-0.3, -0.25) is 14.4 Å². The van der Waals surface area contributed by atoms with E-state index < -0.39 is 23.3 Å². The second kappa shape index (κ2) is 11.6. The van der Waals surface area contributed by atoms with Gasteiger partial charge in [0.2, 0.25) is 0 Å². The number of hydrogen-bond donors (Lipinski definition) is 4. The first-order valence-corrected chi connectivity index (χ1v) is 17.0. The fourth-order valence-corrected chi connectivity index (χ4v) is 7.89. The monoisotopic (exact) mass is 666 g/mol. The number of rotatable bonds is 8. The molecule has 0 saturated carbocycles. The van der Waals surface area contributed by atoms with Crippen molar-refractivity contribution in [1.29, 1.82) is 0 Å². The highest BCUT2D eigenvalue weighted by atomic mass is 16.5. The number of aryl methyl sites for hydroxylation is 2. The third-order valence-electron chi connectivity index (χ3n) is 9.99. The van der Waals surface area contributed by atoms with Crippen molar-refractivity contribution in [2.45, 2.75) is 33.2 Å². The molecule has 3 amide bonds. The standard InChI is InChI=1S/C40H38N6O4/c1-5-42-32-20-34-29(18-22(32)3)40(30-19-23(4)33(43-6-2)21-35(30)50-34)28-13-8-7-10-24(28)39(49)46(40)45-37(47)26-12-9-11-25-31(44-17-16-41)15-14-27(36(25)26)38(45)48/h7-15,18-21,42-44H,5-6,16-17,41H2,1-4H3. The Bertz CT molecular complexity index is 2200. The Morgan fingerprint density at radius 3 is 1.88 bits per heavy atom. The minimum atomic E-state index is -1.43. The lowest BCUT2D eigenvalue weighted by atomic mass is 9.74. The first-order valence-electron chi connectivity index (χ1n) is 17.0. The van der Waals surface area contributed by atoms with Crippen LogP contribution in [0.5, 0.6) is 11.5 Å². The van der Waals surface area contributed by atoms with Gasteiger partial charge in [0, 0.05) is 88.4 Å². The van der Waals surface area contributed by atoms with Crippen LogP contribution in [0.1, 0.15) is 72.7 Å². The molecule has 5 aromatic carbocycles. The molecule has 3 heterocycles. The van der Waals surface area contributed by atoms with Crippen LogP contribution in [0.3, 0.4) is 0 Å². The quantitative estimate of drug-likeness (QED) is 0.134. The number of ether oxygens (including phenoxy) is 1. The molecule has 0 unspecified atom stereocenters. The maximum Gasteiger partial charge on any atom is 0.280 e. The summed E-state index contributed by atoms with van der Waals surface area (Å²) in [7, 11) is 0. The summed E-state index contributed by atoms with van der Waals surface area (Å²) in [4.78, 5) is 44.8. The van der Waals surface area contributed by atoms with Gasteiger partial charge in [0.05, 0.1) is 11.1 Å². The molecule has 0 aromatic heterocycles. The number of hydrazine groups is 1. The van der Waals surface area contributed by atoms with Crippen molar-refractivity contribution < 1.29 is 19.1 Å². The number of carbonyl (C=O) groups excluding carboxylic acids is 3. The summed E-state index contributed by atoms with van der Waals surface area (Å²) in [6, 6.07) is 24.2. The van der Waals surface area contributed by atoms with E-state index in [4.69, 9.17) is 10.5 Å². The van der Waals surface area contributed by atoms with E-state index in [2.05, 4.69) is 16.0 Å².